The largest absolute Gasteiger partial charge is 0.365 e. The number of ether oxygens (including phenoxy) is 1. The third-order valence-corrected chi connectivity index (χ3v) is 3.17. The van der Waals surface area contributed by atoms with E-state index in [1.807, 2.05) is 6.07 Å². The van der Waals surface area contributed by atoms with Gasteiger partial charge in [-0.05, 0) is 18.9 Å². The number of amides is 1. The maximum Gasteiger partial charge on any atom is 0.251 e. The van der Waals surface area contributed by atoms with Gasteiger partial charge in [0.05, 0.1) is 13.2 Å². The SMILES string of the molecule is O=C(NC1CC1)C1CN(c2ccncn2)CCO1. The molecule has 1 aliphatic carbocycles. The van der Waals surface area contributed by atoms with Crippen LogP contribution in [0.15, 0.2) is 18.6 Å². The molecule has 1 aromatic rings. The fourth-order valence-corrected chi connectivity index (χ4v) is 2.01. The molecule has 0 spiro atoms. The van der Waals surface area contributed by atoms with Crippen LogP contribution in [0.4, 0.5) is 5.82 Å². The van der Waals surface area contributed by atoms with E-state index in [-0.39, 0.29) is 5.91 Å². The van der Waals surface area contributed by atoms with Crippen LogP contribution in [0.2, 0.25) is 0 Å². The number of nitrogens with zero attached hydrogens (tertiary/aromatic N) is 3. The summed E-state index contributed by atoms with van der Waals surface area (Å²) in [6.45, 7) is 1.85. The fourth-order valence-electron chi connectivity index (χ4n) is 2.01. The standard InChI is InChI=1S/C12H16N4O2/c17-12(15-9-1-2-9)10-7-16(5-6-18-10)11-3-4-13-8-14-11/h3-4,8-10H,1-2,5-7H2,(H,15,17). The third kappa shape index (κ3) is 2.59. The Hall–Kier alpha value is -1.69. The maximum absolute atomic E-state index is 11.9. The van der Waals surface area contributed by atoms with Crippen molar-refractivity contribution in [2.45, 2.75) is 25.0 Å². The first kappa shape index (κ1) is 11.4. The molecule has 96 valence electrons. The summed E-state index contributed by atoms with van der Waals surface area (Å²) in [6.07, 6.45) is 5.01. The Bertz CT molecular complexity index is 421. The van der Waals surface area contributed by atoms with Gasteiger partial charge in [0.2, 0.25) is 0 Å². The summed E-state index contributed by atoms with van der Waals surface area (Å²) < 4.78 is 5.52. The second kappa shape index (κ2) is 4.89. The minimum atomic E-state index is -0.394. The average Bonchev–Trinajstić information content (AvgIpc) is 3.24. The van der Waals surface area contributed by atoms with Crippen molar-refractivity contribution in [3.63, 3.8) is 0 Å². The van der Waals surface area contributed by atoms with E-state index in [9.17, 15) is 4.79 Å². The summed E-state index contributed by atoms with van der Waals surface area (Å²) in [5.41, 5.74) is 0. The van der Waals surface area contributed by atoms with E-state index in [0.717, 1.165) is 25.2 Å². The molecule has 3 rings (SSSR count). The van der Waals surface area contributed by atoms with E-state index in [0.29, 0.717) is 19.2 Å². The van der Waals surface area contributed by atoms with Crippen LogP contribution in [0.1, 0.15) is 12.8 Å². The summed E-state index contributed by atoms with van der Waals surface area (Å²) in [4.78, 5) is 22.1. The highest BCUT2D eigenvalue weighted by atomic mass is 16.5. The number of morpholine rings is 1. The molecule has 1 saturated heterocycles. The van der Waals surface area contributed by atoms with Crippen molar-refractivity contribution < 1.29 is 9.53 Å². The minimum Gasteiger partial charge on any atom is -0.365 e. The van der Waals surface area contributed by atoms with Crippen LogP contribution in [0.25, 0.3) is 0 Å². The van der Waals surface area contributed by atoms with Crippen molar-refractivity contribution in [1.29, 1.82) is 0 Å². The Kier molecular flexibility index (Phi) is 3.10. The van der Waals surface area contributed by atoms with E-state index >= 15 is 0 Å². The summed E-state index contributed by atoms with van der Waals surface area (Å²) in [7, 11) is 0. The van der Waals surface area contributed by atoms with Crippen molar-refractivity contribution in [2.75, 3.05) is 24.6 Å². The Morgan fingerprint density at radius 1 is 1.50 bits per heavy atom. The van der Waals surface area contributed by atoms with Crippen LogP contribution in [0, 0.1) is 0 Å². The Morgan fingerprint density at radius 2 is 2.39 bits per heavy atom. The van der Waals surface area contributed by atoms with Gasteiger partial charge >= 0.3 is 0 Å². The van der Waals surface area contributed by atoms with Gasteiger partial charge in [0.15, 0.2) is 6.10 Å². The Morgan fingerprint density at radius 3 is 3.11 bits per heavy atom. The van der Waals surface area contributed by atoms with Gasteiger partial charge in [0.1, 0.15) is 12.1 Å². The molecule has 0 radical (unpaired) electrons. The third-order valence-electron chi connectivity index (χ3n) is 3.17. The van der Waals surface area contributed by atoms with Gasteiger partial charge in [-0.1, -0.05) is 0 Å². The zero-order chi connectivity index (χ0) is 12.4. The van der Waals surface area contributed by atoms with Crippen LogP contribution < -0.4 is 10.2 Å². The number of anilines is 1. The van der Waals surface area contributed by atoms with Gasteiger partial charge < -0.3 is 15.0 Å². The molecule has 1 N–H and O–H groups in total. The topological polar surface area (TPSA) is 67.4 Å². The van der Waals surface area contributed by atoms with E-state index in [1.54, 1.807) is 6.20 Å². The molecule has 6 nitrogen and oxygen atoms in total. The molecule has 1 amide bonds. The quantitative estimate of drug-likeness (QED) is 0.813. The van der Waals surface area contributed by atoms with Gasteiger partial charge in [-0.2, -0.15) is 0 Å². The first-order valence-corrected chi connectivity index (χ1v) is 6.26. The molecule has 18 heavy (non-hydrogen) atoms. The first-order valence-electron chi connectivity index (χ1n) is 6.26. The number of nitrogens with one attached hydrogen (secondary N) is 1. The van der Waals surface area contributed by atoms with Crippen molar-refractivity contribution in [2.24, 2.45) is 0 Å². The Labute approximate surface area is 105 Å². The molecule has 1 aromatic heterocycles. The van der Waals surface area contributed by atoms with Crippen molar-refractivity contribution in [3.8, 4) is 0 Å². The van der Waals surface area contributed by atoms with Gasteiger partial charge in [0.25, 0.3) is 5.91 Å². The van der Waals surface area contributed by atoms with Crippen LogP contribution in [-0.2, 0) is 9.53 Å². The molecular weight excluding hydrogens is 232 g/mol. The van der Waals surface area contributed by atoms with E-state index < -0.39 is 6.10 Å². The molecule has 0 aromatic carbocycles. The number of hydrogen-bond acceptors (Lipinski definition) is 5. The lowest BCUT2D eigenvalue weighted by atomic mass is 10.2. The lowest BCUT2D eigenvalue weighted by Gasteiger charge is -2.32. The highest BCUT2D eigenvalue weighted by Gasteiger charge is 2.31. The molecule has 6 heteroatoms. The maximum atomic E-state index is 11.9. The number of hydrogen-bond donors (Lipinski definition) is 1. The summed E-state index contributed by atoms with van der Waals surface area (Å²) in [6, 6.07) is 2.22. The normalized spacial score (nSPS) is 23.8. The van der Waals surface area contributed by atoms with E-state index in [2.05, 4.69) is 20.2 Å². The first-order chi connectivity index (χ1) is 8.83. The highest BCUT2D eigenvalue weighted by Crippen LogP contribution is 2.20. The average molecular weight is 248 g/mol. The summed E-state index contributed by atoms with van der Waals surface area (Å²) in [5.74, 6) is 0.841. The molecular formula is C12H16N4O2. The predicted molar refractivity (Wildman–Crippen MR) is 65.1 cm³/mol. The van der Waals surface area contributed by atoms with Crippen LogP contribution >= 0.6 is 0 Å². The zero-order valence-electron chi connectivity index (χ0n) is 10.1. The molecule has 1 saturated carbocycles. The lowest BCUT2D eigenvalue weighted by molar-refractivity contribution is -0.133. The van der Waals surface area contributed by atoms with Gasteiger partial charge in [0, 0.05) is 18.8 Å². The number of aromatic nitrogens is 2. The molecule has 2 aliphatic rings. The van der Waals surface area contributed by atoms with Gasteiger partial charge in [-0.15, -0.1) is 0 Å². The van der Waals surface area contributed by atoms with Crippen LogP contribution in [0.5, 0.6) is 0 Å². The molecule has 2 heterocycles. The van der Waals surface area contributed by atoms with Crippen molar-refractivity contribution in [1.82, 2.24) is 15.3 Å². The minimum absolute atomic E-state index is 0.00347. The number of carbonyl (C=O) groups excluding carboxylic acids is 1. The molecule has 1 aliphatic heterocycles. The summed E-state index contributed by atoms with van der Waals surface area (Å²) >= 11 is 0. The lowest BCUT2D eigenvalue weighted by Crippen LogP contribution is -2.50. The molecule has 1 unspecified atom stereocenters. The Balaban J connectivity index is 1.62. The fraction of sp³-hybridized carbons (Fsp3) is 0.583. The second-order valence-electron chi connectivity index (χ2n) is 4.66. The molecule has 2 fully saturated rings. The highest BCUT2D eigenvalue weighted by molar-refractivity contribution is 5.82. The van der Waals surface area contributed by atoms with Gasteiger partial charge in [-0.25, -0.2) is 9.97 Å². The summed E-state index contributed by atoms with van der Waals surface area (Å²) in [5, 5.41) is 2.97. The van der Waals surface area contributed by atoms with Gasteiger partial charge in [-0.3, -0.25) is 4.79 Å². The van der Waals surface area contributed by atoms with Crippen LogP contribution in [-0.4, -0.2) is 47.7 Å². The number of rotatable bonds is 3. The zero-order valence-corrected chi connectivity index (χ0v) is 10.1. The predicted octanol–water partition coefficient (Wildman–Crippen LogP) is -0.0396. The molecule has 1 atom stereocenters. The monoisotopic (exact) mass is 248 g/mol. The smallest absolute Gasteiger partial charge is 0.251 e. The van der Waals surface area contributed by atoms with E-state index in [1.165, 1.54) is 6.33 Å². The van der Waals surface area contributed by atoms with Crippen molar-refractivity contribution in [3.05, 3.63) is 18.6 Å². The second-order valence-corrected chi connectivity index (χ2v) is 4.66. The van der Waals surface area contributed by atoms with Crippen LogP contribution in [0.3, 0.4) is 0 Å². The molecule has 0 bridgehead atoms. The van der Waals surface area contributed by atoms with E-state index in [4.69, 9.17) is 4.74 Å². The van der Waals surface area contributed by atoms with Crippen molar-refractivity contribution >= 4 is 11.7 Å². The number of carbonyl (C=O) groups is 1.